The molecule has 3 aromatic rings. The monoisotopic (exact) mass is 367 g/mol. The highest BCUT2D eigenvalue weighted by atomic mass is 16.5. The molecule has 1 amide bonds. The number of amides is 1. The largest absolute Gasteiger partial charge is 0.361 e. The summed E-state index contributed by atoms with van der Waals surface area (Å²) >= 11 is 0. The first-order valence-corrected chi connectivity index (χ1v) is 9.04. The van der Waals surface area contributed by atoms with Gasteiger partial charge in [0.15, 0.2) is 0 Å². The quantitative estimate of drug-likeness (QED) is 0.740. The molecule has 2 N–H and O–H groups in total. The lowest BCUT2D eigenvalue weighted by Gasteiger charge is -2.16. The third-order valence-electron chi connectivity index (χ3n) is 4.56. The van der Waals surface area contributed by atoms with Crippen molar-refractivity contribution in [1.82, 2.24) is 15.5 Å². The van der Waals surface area contributed by atoms with Crippen LogP contribution >= 0.6 is 0 Å². The Morgan fingerprint density at radius 3 is 2.67 bits per heavy atom. The minimum Gasteiger partial charge on any atom is -0.361 e. The molecule has 0 atom stereocenters. The number of H-pyrrole nitrogens is 1. The molecular formula is C21H25N3O3. The van der Waals surface area contributed by atoms with Crippen molar-refractivity contribution in [2.45, 2.75) is 46.5 Å². The molecule has 1 aromatic carbocycles. The number of rotatable bonds is 4. The average molecular weight is 367 g/mol. The molecule has 0 aliphatic carbocycles. The lowest BCUT2D eigenvalue weighted by molar-refractivity contribution is 0.0950. The summed E-state index contributed by atoms with van der Waals surface area (Å²) in [6.45, 7) is 10.0. The van der Waals surface area contributed by atoms with Gasteiger partial charge in [0, 0.05) is 23.0 Å². The second kappa shape index (κ2) is 7.02. The highest BCUT2D eigenvalue weighted by Gasteiger charge is 2.28. The van der Waals surface area contributed by atoms with Gasteiger partial charge in [0.25, 0.3) is 11.5 Å². The van der Waals surface area contributed by atoms with Gasteiger partial charge in [0.05, 0.1) is 0 Å². The van der Waals surface area contributed by atoms with Gasteiger partial charge in [-0.15, -0.1) is 0 Å². The van der Waals surface area contributed by atoms with Crippen molar-refractivity contribution in [2.75, 3.05) is 6.54 Å². The van der Waals surface area contributed by atoms with Crippen molar-refractivity contribution in [3.05, 3.63) is 62.8 Å². The zero-order valence-corrected chi connectivity index (χ0v) is 16.4. The second-order valence-corrected chi connectivity index (χ2v) is 7.93. The fourth-order valence-corrected chi connectivity index (χ4v) is 3.11. The Labute approximate surface area is 158 Å². The Kier molecular flexibility index (Phi) is 4.91. The minimum atomic E-state index is -0.294. The molecule has 3 rings (SSSR count). The van der Waals surface area contributed by atoms with Gasteiger partial charge in [0.2, 0.25) is 0 Å². The van der Waals surface area contributed by atoms with Gasteiger partial charge in [-0.05, 0) is 43.9 Å². The van der Waals surface area contributed by atoms with Crippen molar-refractivity contribution in [1.29, 1.82) is 0 Å². The molecule has 0 spiro atoms. The topological polar surface area (TPSA) is 88.0 Å². The lowest BCUT2D eigenvalue weighted by atomic mass is 9.88. The van der Waals surface area contributed by atoms with E-state index in [1.807, 2.05) is 52.0 Å². The van der Waals surface area contributed by atoms with Crippen molar-refractivity contribution in [3.8, 4) is 0 Å². The Balaban J connectivity index is 1.75. The summed E-state index contributed by atoms with van der Waals surface area (Å²) in [7, 11) is 0. The summed E-state index contributed by atoms with van der Waals surface area (Å²) in [6.07, 6.45) is 0.445. The highest BCUT2D eigenvalue weighted by Crippen LogP contribution is 2.26. The van der Waals surface area contributed by atoms with Gasteiger partial charge < -0.3 is 14.8 Å². The number of aromatic amines is 1. The van der Waals surface area contributed by atoms with Crippen LogP contribution in [0.4, 0.5) is 0 Å². The van der Waals surface area contributed by atoms with Crippen LogP contribution in [0.3, 0.4) is 0 Å². The minimum absolute atomic E-state index is 0.128. The number of benzene rings is 1. The Morgan fingerprint density at radius 2 is 1.96 bits per heavy atom. The number of aryl methyl sites for hydroxylation is 2. The summed E-state index contributed by atoms with van der Waals surface area (Å²) in [6, 6.07) is 7.79. The van der Waals surface area contributed by atoms with Crippen molar-refractivity contribution in [3.63, 3.8) is 0 Å². The molecule has 0 bridgehead atoms. The molecule has 27 heavy (non-hydrogen) atoms. The predicted molar refractivity (Wildman–Crippen MR) is 105 cm³/mol. The molecular weight excluding hydrogens is 342 g/mol. The summed E-state index contributed by atoms with van der Waals surface area (Å²) in [5.41, 5.74) is 3.28. The predicted octanol–water partition coefficient (Wildman–Crippen LogP) is 3.40. The maximum Gasteiger partial charge on any atom is 0.256 e. The summed E-state index contributed by atoms with van der Waals surface area (Å²) in [5, 5.41) is 7.91. The molecule has 2 heterocycles. The molecule has 0 aliphatic heterocycles. The van der Waals surface area contributed by atoms with Gasteiger partial charge >= 0.3 is 0 Å². The molecule has 0 saturated carbocycles. The fourth-order valence-electron chi connectivity index (χ4n) is 3.11. The second-order valence-electron chi connectivity index (χ2n) is 7.93. The number of hydrogen-bond acceptors (Lipinski definition) is 4. The van der Waals surface area contributed by atoms with E-state index in [9.17, 15) is 9.59 Å². The van der Waals surface area contributed by atoms with E-state index in [2.05, 4.69) is 15.5 Å². The van der Waals surface area contributed by atoms with Crippen LogP contribution in [0.1, 0.15) is 53.7 Å². The number of nitrogens with zero attached hydrogens (tertiary/aromatic N) is 1. The van der Waals surface area contributed by atoms with Crippen LogP contribution in [-0.2, 0) is 11.8 Å². The molecule has 0 radical (unpaired) electrons. The van der Waals surface area contributed by atoms with Gasteiger partial charge in [-0.2, -0.15) is 0 Å². The fraction of sp³-hybridized carbons (Fsp3) is 0.381. The van der Waals surface area contributed by atoms with E-state index in [1.165, 1.54) is 0 Å². The van der Waals surface area contributed by atoms with Crippen LogP contribution in [0.15, 0.2) is 33.6 Å². The van der Waals surface area contributed by atoms with Gasteiger partial charge in [0.1, 0.15) is 17.0 Å². The van der Waals surface area contributed by atoms with Gasteiger partial charge in [-0.1, -0.05) is 37.6 Å². The number of carbonyl (C=O) groups excluding carboxylic acids is 1. The lowest BCUT2D eigenvalue weighted by Crippen LogP contribution is -2.30. The molecule has 0 saturated heterocycles. The van der Waals surface area contributed by atoms with E-state index in [-0.39, 0.29) is 16.9 Å². The zero-order valence-electron chi connectivity index (χ0n) is 16.4. The molecule has 0 unspecified atom stereocenters. The van der Waals surface area contributed by atoms with E-state index in [4.69, 9.17) is 4.52 Å². The first kappa shape index (κ1) is 18.9. The number of hydrogen-bond donors (Lipinski definition) is 2. The van der Waals surface area contributed by atoms with E-state index in [1.54, 1.807) is 6.92 Å². The zero-order chi connectivity index (χ0) is 19.8. The Bertz CT molecular complexity index is 1050. The van der Waals surface area contributed by atoms with Crippen LogP contribution < -0.4 is 10.9 Å². The summed E-state index contributed by atoms with van der Waals surface area (Å²) < 4.78 is 5.22. The van der Waals surface area contributed by atoms with Crippen LogP contribution in [0.2, 0.25) is 0 Å². The van der Waals surface area contributed by atoms with E-state index < -0.39 is 0 Å². The number of nitrogens with one attached hydrogen (secondary N) is 2. The maximum atomic E-state index is 12.6. The molecule has 0 aliphatic rings. The third kappa shape index (κ3) is 3.94. The van der Waals surface area contributed by atoms with Gasteiger partial charge in [-0.25, -0.2) is 0 Å². The van der Waals surface area contributed by atoms with Crippen molar-refractivity contribution < 1.29 is 9.32 Å². The van der Waals surface area contributed by atoms with Crippen molar-refractivity contribution >= 4 is 16.8 Å². The summed E-state index contributed by atoms with van der Waals surface area (Å²) in [4.78, 5) is 27.8. The number of aromatic nitrogens is 2. The first-order valence-electron chi connectivity index (χ1n) is 9.04. The Morgan fingerprint density at radius 1 is 1.22 bits per heavy atom. The first-order chi connectivity index (χ1) is 12.7. The normalized spacial score (nSPS) is 11.7. The molecule has 142 valence electrons. The standard InChI is InChI=1S/C21H25N3O3/c1-12-6-7-16-15(10-12)11-14(19(25)23-16)8-9-22-20(26)17-13(2)27-24-18(17)21(3,4)5/h6-7,10-11H,8-9H2,1-5H3,(H,22,26)(H,23,25). The molecule has 6 heteroatoms. The highest BCUT2D eigenvalue weighted by molar-refractivity contribution is 5.96. The van der Waals surface area contributed by atoms with E-state index in [0.29, 0.717) is 35.5 Å². The van der Waals surface area contributed by atoms with Gasteiger partial charge in [-0.3, -0.25) is 9.59 Å². The van der Waals surface area contributed by atoms with Crippen LogP contribution in [-0.4, -0.2) is 22.6 Å². The average Bonchev–Trinajstić information content (AvgIpc) is 2.97. The van der Waals surface area contributed by atoms with Crippen molar-refractivity contribution in [2.24, 2.45) is 0 Å². The number of pyridine rings is 1. The van der Waals surface area contributed by atoms with Crippen LogP contribution in [0, 0.1) is 13.8 Å². The SMILES string of the molecule is Cc1ccc2[nH]c(=O)c(CCNC(=O)c3c(C(C)(C)C)noc3C)cc2c1. The number of fused-ring (bicyclic) bond motifs is 1. The maximum absolute atomic E-state index is 12.6. The molecule has 6 nitrogen and oxygen atoms in total. The van der Waals surface area contributed by atoms with Crippen LogP contribution in [0.5, 0.6) is 0 Å². The Hall–Kier alpha value is -2.89. The summed E-state index contributed by atoms with van der Waals surface area (Å²) in [5.74, 6) is 0.267. The van der Waals surface area contributed by atoms with Crippen LogP contribution in [0.25, 0.3) is 10.9 Å². The number of carbonyl (C=O) groups is 1. The van der Waals surface area contributed by atoms with E-state index >= 15 is 0 Å². The third-order valence-corrected chi connectivity index (χ3v) is 4.56. The molecule has 2 aromatic heterocycles. The smallest absolute Gasteiger partial charge is 0.256 e. The molecule has 0 fully saturated rings. The van der Waals surface area contributed by atoms with E-state index in [0.717, 1.165) is 16.5 Å².